The van der Waals surface area contributed by atoms with Crippen molar-refractivity contribution in [2.75, 3.05) is 5.32 Å². The van der Waals surface area contributed by atoms with Crippen LogP contribution in [0.4, 0.5) is 19.1 Å². The van der Waals surface area contributed by atoms with Gasteiger partial charge in [-0.05, 0) is 55.7 Å². The van der Waals surface area contributed by atoms with E-state index in [4.69, 9.17) is 11.6 Å². The average Bonchev–Trinajstić information content (AvgIpc) is 3.44. The maximum atomic E-state index is 12.5. The highest BCUT2D eigenvalue weighted by atomic mass is 35.5. The second kappa shape index (κ2) is 8.83. The Hall–Kier alpha value is -3.27. The van der Waals surface area contributed by atoms with Gasteiger partial charge in [-0.25, -0.2) is 19.9 Å². The molecule has 1 N–H and O–H groups in total. The van der Waals surface area contributed by atoms with Crippen molar-refractivity contribution in [3.05, 3.63) is 53.7 Å². The number of rotatable bonds is 5. The first-order valence-electron chi connectivity index (χ1n) is 10.9. The summed E-state index contributed by atoms with van der Waals surface area (Å²) < 4.78 is 39.7. The Balaban J connectivity index is 1.24. The number of carbonyl (C=O) groups is 1. The second-order valence-corrected chi connectivity index (χ2v) is 8.89. The van der Waals surface area contributed by atoms with Crippen LogP contribution in [0.25, 0.3) is 21.9 Å². The van der Waals surface area contributed by atoms with Gasteiger partial charge in [-0.1, -0.05) is 23.7 Å². The van der Waals surface area contributed by atoms with Gasteiger partial charge in [0.1, 0.15) is 17.1 Å². The Morgan fingerprint density at radius 1 is 1.18 bits per heavy atom. The Labute approximate surface area is 197 Å². The van der Waals surface area contributed by atoms with Gasteiger partial charge in [0.05, 0.1) is 10.9 Å². The summed E-state index contributed by atoms with van der Waals surface area (Å²) in [4.78, 5) is 27.5. The molecule has 11 heteroatoms. The van der Waals surface area contributed by atoms with Gasteiger partial charge in [0.15, 0.2) is 0 Å². The van der Waals surface area contributed by atoms with Gasteiger partial charge >= 0.3 is 12.1 Å². The van der Waals surface area contributed by atoms with Gasteiger partial charge in [0.25, 0.3) is 0 Å². The van der Waals surface area contributed by atoms with E-state index < -0.39 is 12.1 Å². The van der Waals surface area contributed by atoms with E-state index >= 15 is 0 Å². The highest BCUT2D eigenvalue weighted by Gasteiger charge is 2.39. The number of anilines is 1. The Morgan fingerprint density at radius 3 is 2.85 bits per heavy atom. The number of hydrogen-bond acceptors (Lipinski definition) is 5. The van der Waals surface area contributed by atoms with Crippen molar-refractivity contribution < 1.29 is 18.0 Å². The number of halogens is 4. The van der Waals surface area contributed by atoms with Crippen LogP contribution in [0.5, 0.6) is 0 Å². The van der Waals surface area contributed by atoms with Gasteiger partial charge in [0.2, 0.25) is 5.95 Å². The summed E-state index contributed by atoms with van der Waals surface area (Å²) >= 11 is 6.18. The summed E-state index contributed by atoms with van der Waals surface area (Å²) in [5.41, 5.74) is 2.38. The molecule has 3 aromatic heterocycles. The van der Waals surface area contributed by atoms with Crippen LogP contribution in [0.1, 0.15) is 37.3 Å². The van der Waals surface area contributed by atoms with Gasteiger partial charge in [-0.2, -0.15) is 13.2 Å². The van der Waals surface area contributed by atoms with Crippen LogP contribution in [0.2, 0.25) is 5.15 Å². The standard InChI is InChI=1S/C23H20ClF3N6O/c24-19-17-7-8-33(20(17)30-12-29-19)16-6-4-13(9-16)1-2-14-3-5-15-11-28-22(31-18(15)10-14)32-21(34)23(25,26)27/h3,5,7-8,10-13,16H,1-2,4,6,9H2,(H,28,31,32,34). The van der Waals surface area contributed by atoms with E-state index in [-0.39, 0.29) is 5.95 Å². The number of benzene rings is 1. The molecule has 2 atom stereocenters. The first kappa shape index (κ1) is 22.5. The van der Waals surface area contributed by atoms with Crippen molar-refractivity contribution in [2.24, 2.45) is 5.92 Å². The molecule has 0 bridgehead atoms. The molecule has 34 heavy (non-hydrogen) atoms. The molecular formula is C23H20ClF3N6O. The predicted molar refractivity (Wildman–Crippen MR) is 121 cm³/mol. The summed E-state index contributed by atoms with van der Waals surface area (Å²) in [6.07, 6.45) is 4.92. The SMILES string of the molecule is O=C(Nc1ncc2ccc(CCC3CCC(n4ccc5c(Cl)ncnc54)C3)cc2n1)C(F)(F)F. The quantitative estimate of drug-likeness (QED) is 0.375. The van der Waals surface area contributed by atoms with Crippen molar-refractivity contribution in [3.63, 3.8) is 0 Å². The van der Waals surface area contributed by atoms with Crippen molar-refractivity contribution in [1.29, 1.82) is 0 Å². The molecule has 176 valence electrons. The smallest absolute Gasteiger partial charge is 0.329 e. The lowest BCUT2D eigenvalue weighted by atomic mass is 9.97. The first-order valence-corrected chi connectivity index (χ1v) is 11.3. The van der Waals surface area contributed by atoms with E-state index in [0.29, 0.717) is 28.0 Å². The van der Waals surface area contributed by atoms with Gasteiger partial charge in [-0.3, -0.25) is 10.1 Å². The molecule has 5 rings (SSSR count). The van der Waals surface area contributed by atoms with Crippen LogP contribution in [-0.4, -0.2) is 36.6 Å². The minimum Gasteiger partial charge on any atom is -0.329 e. The monoisotopic (exact) mass is 488 g/mol. The fourth-order valence-electron chi connectivity index (χ4n) is 4.63. The third kappa shape index (κ3) is 4.54. The summed E-state index contributed by atoms with van der Waals surface area (Å²) in [5.74, 6) is -1.92. The zero-order valence-electron chi connectivity index (χ0n) is 17.9. The number of nitrogens with zero attached hydrogens (tertiary/aromatic N) is 5. The molecule has 0 saturated heterocycles. The van der Waals surface area contributed by atoms with E-state index in [2.05, 4.69) is 24.5 Å². The molecule has 7 nitrogen and oxygen atoms in total. The van der Waals surface area contributed by atoms with Crippen LogP contribution >= 0.6 is 11.6 Å². The highest BCUT2D eigenvalue weighted by molar-refractivity contribution is 6.33. The van der Waals surface area contributed by atoms with Crippen molar-refractivity contribution in [1.82, 2.24) is 24.5 Å². The molecule has 4 aromatic rings. The van der Waals surface area contributed by atoms with Gasteiger partial charge in [-0.15, -0.1) is 0 Å². The molecule has 2 unspecified atom stereocenters. The number of alkyl halides is 3. The molecular weight excluding hydrogens is 469 g/mol. The summed E-state index contributed by atoms with van der Waals surface area (Å²) in [6.45, 7) is 0. The highest BCUT2D eigenvalue weighted by Crippen LogP contribution is 2.39. The van der Waals surface area contributed by atoms with Crippen LogP contribution in [0.15, 0.2) is 43.0 Å². The lowest BCUT2D eigenvalue weighted by molar-refractivity contribution is -0.167. The zero-order valence-corrected chi connectivity index (χ0v) is 18.6. The van der Waals surface area contributed by atoms with E-state index in [1.807, 2.05) is 30.5 Å². The van der Waals surface area contributed by atoms with Crippen molar-refractivity contribution in [3.8, 4) is 0 Å². The number of amides is 1. The van der Waals surface area contributed by atoms with E-state index in [1.54, 1.807) is 5.32 Å². The lowest BCUT2D eigenvalue weighted by Crippen LogP contribution is -2.30. The molecule has 1 fully saturated rings. The number of carbonyl (C=O) groups excluding carboxylic acids is 1. The summed E-state index contributed by atoms with van der Waals surface area (Å²) in [7, 11) is 0. The number of aryl methyl sites for hydroxylation is 1. The van der Waals surface area contributed by atoms with E-state index in [1.165, 1.54) is 12.5 Å². The minimum absolute atomic E-state index is 0.359. The van der Waals surface area contributed by atoms with Crippen LogP contribution in [0, 0.1) is 5.92 Å². The molecule has 1 aromatic carbocycles. The third-order valence-electron chi connectivity index (χ3n) is 6.34. The van der Waals surface area contributed by atoms with Crippen LogP contribution < -0.4 is 5.32 Å². The minimum atomic E-state index is -4.99. The molecule has 0 radical (unpaired) electrons. The number of fused-ring (bicyclic) bond motifs is 2. The summed E-state index contributed by atoms with van der Waals surface area (Å²) in [6, 6.07) is 7.97. The Bertz CT molecular complexity index is 1370. The number of aromatic nitrogens is 5. The topological polar surface area (TPSA) is 85.6 Å². The number of hydrogen-bond donors (Lipinski definition) is 1. The second-order valence-electron chi connectivity index (χ2n) is 8.54. The number of nitrogens with one attached hydrogen (secondary N) is 1. The van der Waals surface area contributed by atoms with Crippen LogP contribution in [-0.2, 0) is 11.2 Å². The largest absolute Gasteiger partial charge is 0.471 e. The maximum Gasteiger partial charge on any atom is 0.471 e. The molecule has 1 aliphatic rings. The van der Waals surface area contributed by atoms with E-state index in [9.17, 15) is 18.0 Å². The Morgan fingerprint density at radius 2 is 2.03 bits per heavy atom. The molecule has 0 spiro atoms. The molecule has 0 aliphatic heterocycles. The molecule has 3 heterocycles. The molecule has 1 amide bonds. The predicted octanol–water partition coefficient (Wildman–Crippen LogP) is 5.50. The van der Waals surface area contributed by atoms with Gasteiger partial charge in [0, 0.05) is 23.8 Å². The molecule has 1 aliphatic carbocycles. The fourth-order valence-corrected chi connectivity index (χ4v) is 4.82. The zero-order chi connectivity index (χ0) is 23.9. The fraction of sp³-hybridized carbons (Fsp3) is 0.348. The maximum absolute atomic E-state index is 12.5. The summed E-state index contributed by atoms with van der Waals surface area (Å²) in [5, 5.41) is 3.70. The van der Waals surface area contributed by atoms with Crippen molar-refractivity contribution in [2.45, 2.75) is 44.3 Å². The molecule has 1 saturated carbocycles. The average molecular weight is 489 g/mol. The third-order valence-corrected chi connectivity index (χ3v) is 6.64. The van der Waals surface area contributed by atoms with E-state index in [0.717, 1.165) is 48.7 Å². The van der Waals surface area contributed by atoms with Crippen LogP contribution in [0.3, 0.4) is 0 Å². The first-order chi connectivity index (χ1) is 16.3. The Kier molecular flexibility index (Phi) is 5.85. The van der Waals surface area contributed by atoms with Crippen molar-refractivity contribution >= 4 is 45.4 Å². The normalized spacial score (nSPS) is 18.6. The van der Waals surface area contributed by atoms with Gasteiger partial charge < -0.3 is 4.57 Å². The lowest BCUT2D eigenvalue weighted by Gasteiger charge is -2.14.